The van der Waals surface area contributed by atoms with Crippen molar-refractivity contribution in [2.75, 3.05) is 6.61 Å². The number of aliphatic hydroxyl groups excluding tert-OH is 3. The Bertz CT molecular complexity index is 122. The van der Waals surface area contributed by atoms with Crippen LogP contribution in [0.5, 0.6) is 0 Å². The zero-order chi connectivity index (χ0) is 9.72. The van der Waals surface area contributed by atoms with Crippen molar-refractivity contribution in [2.45, 2.75) is 29.6 Å². The molecule has 0 aromatic heterocycles. The smallest absolute Gasteiger partial charge is 0.152 e. The highest BCUT2D eigenvalue weighted by Gasteiger charge is 2.25. The molecule has 3 unspecified atom stereocenters. The molecule has 4 N–H and O–H groups in total. The van der Waals surface area contributed by atoms with Crippen molar-refractivity contribution >= 4 is 23.2 Å². The maximum absolute atomic E-state index is 8.98. The summed E-state index contributed by atoms with van der Waals surface area (Å²) in [5.41, 5.74) is 0. The molecule has 0 amide bonds. The first kappa shape index (κ1) is 12.4. The molecule has 12 heavy (non-hydrogen) atoms. The van der Waals surface area contributed by atoms with Crippen molar-refractivity contribution in [3.05, 3.63) is 0 Å². The Morgan fingerprint density at radius 1 is 1.08 bits per heavy atom. The molecule has 6 heteroatoms. The lowest BCUT2D eigenvalue weighted by atomic mass is 10.1. The highest BCUT2D eigenvalue weighted by atomic mass is 35.5. The van der Waals surface area contributed by atoms with E-state index in [9.17, 15) is 0 Å². The molecular formula is C6H12Cl2O4. The molecule has 0 heterocycles. The number of aliphatic hydroxyl groups is 4. The average molecular weight is 219 g/mol. The van der Waals surface area contributed by atoms with Crippen molar-refractivity contribution in [1.82, 2.24) is 0 Å². The molecule has 0 rings (SSSR count). The predicted octanol–water partition coefficient (Wildman–Crippen LogP) is -0.745. The van der Waals surface area contributed by atoms with Gasteiger partial charge in [-0.15, -0.1) is 23.2 Å². The Balaban J connectivity index is 3.83. The molecule has 74 valence electrons. The maximum atomic E-state index is 8.98. The van der Waals surface area contributed by atoms with Crippen molar-refractivity contribution in [1.29, 1.82) is 0 Å². The van der Waals surface area contributed by atoms with E-state index in [2.05, 4.69) is 0 Å². The van der Waals surface area contributed by atoms with Crippen LogP contribution >= 0.6 is 23.2 Å². The molecule has 3 atom stereocenters. The Labute approximate surface area is 80.3 Å². The standard InChI is InChI=1S/C6H12Cl2O4/c7-3(1-5(11)12)6(8)4(10)2-9/h3-6,9-12H,1-2H2. The fourth-order valence-electron chi connectivity index (χ4n) is 0.673. The summed E-state index contributed by atoms with van der Waals surface area (Å²) < 4.78 is 0. The van der Waals surface area contributed by atoms with E-state index in [-0.39, 0.29) is 6.42 Å². The zero-order valence-electron chi connectivity index (χ0n) is 6.27. The van der Waals surface area contributed by atoms with Crippen LogP contribution < -0.4 is 0 Å². The summed E-state index contributed by atoms with van der Waals surface area (Å²) in [6.07, 6.45) is -2.85. The van der Waals surface area contributed by atoms with E-state index < -0.39 is 29.8 Å². The van der Waals surface area contributed by atoms with Gasteiger partial charge in [0.1, 0.15) is 0 Å². The van der Waals surface area contributed by atoms with E-state index in [1.54, 1.807) is 0 Å². The van der Waals surface area contributed by atoms with Gasteiger partial charge in [0.25, 0.3) is 0 Å². The number of hydrogen-bond donors (Lipinski definition) is 4. The van der Waals surface area contributed by atoms with Gasteiger partial charge in [0, 0.05) is 6.42 Å². The van der Waals surface area contributed by atoms with Crippen molar-refractivity contribution in [3.63, 3.8) is 0 Å². The van der Waals surface area contributed by atoms with E-state index >= 15 is 0 Å². The molecule has 0 aliphatic rings. The Morgan fingerprint density at radius 2 is 1.58 bits per heavy atom. The minimum absolute atomic E-state index is 0.146. The number of halogens is 2. The summed E-state index contributed by atoms with van der Waals surface area (Å²) >= 11 is 11.1. The third kappa shape index (κ3) is 4.45. The number of rotatable bonds is 5. The van der Waals surface area contributed by atoms with Gasteiger partial charge in [-0.2, -0.15) is 0 Å². The number of alkyl halides is 2. The summed E-state index contributed by atoms with van der Waals surface area (Å²) in [7, 11) is 0. The van der Waals surface area contributed by atoms with Crippen LogP contribution in [0.4, 0.5) is 0 Å². The third-order valence-corrected chi connectivity index (χ3v) is 2.51. The second-order valence-electron chi connectivity index (χ2n) is 2.43. The van der Waals surface area contributed by atoms with Crippen LogP contribution in [0.25, 0.3) is 0 Å². The van der Waals surface area contributed by atoms with Gasteiger partial charge in [-0.25, -0.2) is 0 Å². The van der Waals surface area contributed by atoms with Gasteiger partial charge in [0.2, 0.25) is 0 Å². The van der Waals surface area contributed by atoms with E-state index in [1.807, 2.05) is 0 Å². The van der Waals surface area contributed by atoms with Crippen LogP contribution in [0.3, 0.4) is 0 Å². The molecule has 0 fully saturated rings. The fraction of sp³-hybridized carbons (Fsp3) is 1.00. The summed E-state index contributed by atoms with van der Waals surface area (Å²) in [5, 5.41) is 32.8. The molecule has 0 aromatic carbocycles. The van der Waals surface area contributed by atoms with Gasteiger partial charge < -0.3 is 20.4 Å². The molecule has 0 aromatic rings. The minimum Gasteiger partial charge on any atom is -0.394 e. The van der Waals surface area contributed by atoms with Gasteiger partial charge in [-0.05, 0) is 0 Å². The normalized spacial score (nSPS) is 19.2. The monoisotopic (exact) mass is 218 g/mol. The second kappa shape index (κ2) is 5.96. The SMILES string of the molecule is OCC(O)C(Cl)C(Cl)CC(O)O. The van der Waals surface area contributed by atoms with Crippen LogP contribution in [-0.4, -0.2) is 50.2 Å². The lowest BCUT2D eigenvalue weighted by Gasteiger charge is -2.20. The lowest BCUT2D eigenvalue weighted by molar-refractivity contribution is -0.0475. The highest BCUT2D eigenvalue weighted by molar-refractivity contribution is 6.30. The van der Waals surface area contributed by atoms with Crippen LogP contribution in [0, 0.1) is 0 Å². The van der Waals surface area contributed by atoms with Crippen molar-refractivity contribution in [3.8, 4) is 0 Å². The van der Waals surface area contributed by atoms with Gasteiger partial charge in [0.15, 0.2) is 6.29 Å². The van der Waals surface area contributed by atoms with Crippen molar-refractivity contribution in [2.24, 2.45) is 0 Å². The van der Waals surface area contributed by atoms with Gasteiger partial charge in [0.05, 0.1) is 23.5 Å². The van der Waals surface area contributed by atoms with E-state index in [0.717, 1.165) is 0 Å². The lowest BCUT2D eigenvalue weighted by Crippen LogP contribution is -2.34. The Hall–Kier alpha value is 0.420. The third-order valence-electron chi connectivity index (χ3n) is 1.34. The van der Waals surface area contributed by atoms with Crippen LogP contribution in [0.2, 0.25) is 0 Å². The predicted molar refractivity (Wildman–Crippen MR) is 45.2 cm³/mol. The van der Waals surface area contributed by atoms with E-state index in [4.69, 9.17) is 43.6 Å². The van der Waals surface area contributed by atoms with Crippen molar-refractivity contribution < 1.29 is 20.4 Å². The first-order valence-corrected chi connectivity index (χ1v) is 4.29. The summed E-state index contributed by atoms with van der Waals surface area (Å²) in [6.45, 7) is -0.501. The molecule has 0 spiro atoms. The topological polar surface area (TPSA) is 80.9 Å². The highest BCUT2D eigenvalue weighted by Crippen LogP contribution is 2.18. The quantitative estimate of drug-likeness (QED) is 0.362. The Kier molecular flexibility index (Phi) is 6.17. The first-order chi connectivity index (χ1) is 5.49. The average Bonchev–Trinajstić information content (AvgIpc) is 2.00. The van der Waals surface area contributed by atoms with Gasteiger partial charge >= 0.3 is 0 Å². The molecule has 0 aliphatic carbocycles. The van der Waals surface area contributed by atoms with Crippen LogP contribution in [0.15, 0.2) is 0 Å². The molecule has 0 radical (unpaired) electrons. The molecule has 0 bridgehead atoms. The molecule has 4 nitrogen and oxygen atoms in total. The fourth-order valence-corrected chi connectivity index (χ4v) is 1.18. The van der Waals surface area contributed by atoms with Gasteiger partial charge in [-0.1, -0.05) is 0 Å². The molecular weight excluding hydrogens is 207 g/mol. The first-order valence-electron chi connectivity index (χ1n) is 3.42. The van der Waals surface area contributed by atoms with Crippen LogP contribution in [-0.2, 0) is 0 Å². The number of hydrogen-bond acceptors (Lipinski definition) is 4. The minimum atomic E-state index is -1.56. The molecule has 0 aliphatic heterocycles. The molecule has 0 saturated heterocycles. The maximum Gasteiger partial charge on any atom is 0.152 e. The Morgan fingerprint density at radius 3 is 1.92 bits per heavy atom. The largest absolute Gasteiger partial charge is 0.394 e. The summed E-state index contributed by atoms with van der Waals surface area (Å²) in [4.78, 5) is 0. The molecule has 0 saturated carbocycles. The van der Waals surface area contributed by atoms with E-state index in [1.165, 1.54) is 0 Å². The second-order valence-corrected chi connectivity index (χ2v) is 3.49. The van der Waals surface area contributed by atoms with E-state index in [0.29, 0.717) is 0 Å². The summed E-state index contributed by atoms with van der Waals surface area (Å²) in [6, 6.07) is 0. The van der Waals surface area contributed by atoms with Crippen LogP contribution in [0.1, 0.15) is 6.42 Å². The van der Waals surface area contributed by atoms with Gasteiger partial charge in [-0.3, -0.25) is 0 Å². The zero-order valence-corrected chi connectivity index (χ0v) is 7.78. The summed E-state index contributed by atoms with van der Waals surface area (Å²) in [5.74, 6) is 0.